The Morgan fingerprint density at radius 3 is 2.47 bits per heavy atom. The second-order valence-corrected chi connectivity index (χ2v) is 3.92. The number of carbonyl (C=O) groups excluding carboxylic acids is 1. The molecule has 1 rings (SSSR count). The Bertz CT molecular complexity index is 447. The van der Waals surface area contributed by atoms with Crippen LogP contribution in [0.3, 0.4) is 0 Å². The van der Waals surface area contributed by atoms with Crippen molar-refractivity contribution in [3.05, 3.63) is 28.2 Å². The van der Waals surface area contributed by atoms with E-state index in [0.717, 1.165) is 10.0 Å². The highest BCUT2D eigenvalue weighted by molar-refractivity contribution is 9.10. The molecule has 0 saturated heterocycles. The van der Waals surface area contributed by atoms with Gasteiger partial charge in [0.1, 0.15) is 0 Å². The van der Waals surface area contributed by atoms with E-state index in [4.69, 9.17) is 15.3 Å². The van der Waals surface area contributed by atoms with Gasteiger partial charge in [0.2, 0.25) is 0 Å². The molecule has 0 aliphatic rings. The van der Waals surface area contributed by atoms with Gasteiger partial charge in [-0.25, -0.2) is 5.84 Å². The van der Waals surface area contributed by atoms with Gasteiger partial charge in [0.25, 0.3) is 5.91 Å². The fraction of sp³-hybridized carbons (Fsp3) is 0.182. The Labute approximate surface area is 108 Å². The average molecular weight is 301 g/mol. The summed E-state index contributed by atoms with van der Waals surface area (Å²) < 4.78 is 11.1. The van der Waals surface area contributed by atoms with E-state index in [1.54, 1.807) is 32.4 Å². The molecule has 0 heterocycles. The number of halogens is 1. The first-order valence-corrected chi connectivity index (χ1v) is 5.51. The van der Waals surface area contributed by atoms with Crippen molar-refractivity contribution in [1.29, 1.82) is 0 Å². The normalized spacial score (nSPS) is 10.4. The molecule has 92 valence electrons. The molecular formula is C11H13BrN2O3. The first-order valence-electron chi connectivity index (χ1n) is 4.72. The summed E-state index contributed by atoms with van der Waals surface area (Å²) in [5, 5.41) is 0. The van der Waals surface area contributed by atoms with Gasteiger partial charge in [-0.3, -0.25) is 10.2 Å². The summed E-state index contributed by atoms with van der Waals surface area (Å²) in [6.07, 6.45) is 2.94. The third-order valence-corrected chi connectivity index (χ3v) is 2.75. The molecule has 0 atom stereocenters. The second-order valence-electron chi connectivity index (χ2n) is 3.07. The van der Waals surface area contributed by atoms with Crippen LogP contribution in [0.15, 0.2) is 22.7 Å². The molecule has 1 aromatic carbocycles. The zero-order chi connectivity index (χ0) is 12.8. The van der Waals surface area contributed by atoms with E-state index < -0.39 is 0 Å². The summed E-state index contributed by atoms with van der Waals surface area (Å²) in [7, 11) is 3.10. The lowest BCUT2D eigenvalue weighted by Crippen LogP contribution is -2.27. The lowest BCUT2D eigenvalue weighted by Gasteiger charge is -2.09. The van der Waals surface area contributed by atoms with Crippen LogP contribution in [0.1, 0.15) is 5.56 Å². The van der Waals surface area contributed by atoms with Crippen molar-refractivity contribution in [2.45, 2.75) is 0 Å². The van der Waals surface area contributed by atoms with Crippen molar-refractivity contribution in [2.75, 3.05) is 14.2 Å². The van der Waals surface area contributed by atoms with Crippen LogP contribution in [0, 0.1) is 0 Å². The molecule has 0 spiro atoms. The summed E-state index contributed by atoms with van der Waals surface area (Å²) in [6, 6.07) is 3.52. The Morgan fingerprint density at radius 1 is 1.35 bits per heavy atom. The van der Waals surface area contributed by atoms with E-state index in [9.17, 15) is 4.79 Å². The second kappa shape index (κ2) is 6.27. The molecule has 0 radical (unpaired) electrons. The largest absolute Gasteiger partial charge is 0.493 e. The minimum Gasteiger partial charge on any atom is -0.493 e. The Balaban J connectivity index is 3.08. The van der Waals surface area contributed by atoms with Crippen LogP contribution in [0.5, 0.6) is 11.5 Å². The maximum Gasteiger partial charge on any atom is 0.257 e. The molecular weight excluding hydrogens is 288 g/mol. The predicted molar refractivity (Wildman–Crippen MR) is 68.6 cm³/mol. The van der Waals surface area contributed by atoms with Crippen LogP contribution in [-0.4, -0.2) is 20.1 Å². The van der Waals surface area contributed by atoms with Crippen LogP contribution in [0.2, 0.25) is 0 Å². The number of hydrogen-bond donors (Lipinski definition) is 2. The quantitative estimate of drug-likeness (QED) is 0.382. The molecule has 1 aromatic rings. The number of rotatable bonds is 4. The predicted octanol–water partition coefficient (Wildman–Crippen LogP) is 1.47. The lowest BCUT2D eigenvalue weighted by molar-refractivity contribution is -0.116. The van der Waals surface area contributed by atoms with E-state index >= 15 is 0 Å². The van der Waals surface area contributed by atoms with Crippen molar-refractivity contribution in [3.8, 4) is 11.5 Å². The van der Waals surface area contributed by atoms with Crippen LogP contribution < -0.4 is 20.7 Å². The lowest BCUT2D eigenvalue weighted by atomic mass is 10.2. The van der Waals surface area contributed by atoms with Gasteiger partial charge in [-0.15, -0.1) is 0 Å². The van der Waals surface area contributed by atoms with E-state index in [1.807, 2.05) is 5.43 Å². The number of carbonyl (C=O) groups is 1. The van der Waals surface area contributed by atoms with Crippen LogP contribution in [-0.2, 0) is 4.79 Å². The smallest absolute Gasteiger partial charge is 0.257 e. The Kier molecular flexibility index (Phi) is 4.99. The van der Waals surface area contributed by atoms with Crippen LogP contribution in [0.4, 0.5) is 0 Å². The monoisotopic (exact) mass is 300 g/mol. The van der Waals surface area contributed by atoms with Gasteiger partial charge in [-0.2, -0.15) is 0 Å². The topological polar surface area (TPSA) is 73.6 Å². The van der Waals surface area contributed by atoms with Gasteiger partial charge in [-0.05, 0) is 23.8 Å². The maximum atomic E-state index is 11.0. The fourth-order valence-corrected chi connectivity index (χ4v) is 1.67. The molecule has 3 N–H and O–H groups in total. The summed E-state index contributed by atoms with van der Waals surface area (Å²) in [4.78, 5) is 11.0. The minimum atomic E-state index is -0.383. The van der Waals surface area contributed by atoms with Crippen molar-refractivity contribution in [3.63, 3.8) is 0 Å². The number of methoxy groups -OCH3 is 2. The SMILES string of the molecule is COc1cc(Br)c(/C=C/C(=O)NN)cc1OC. The van der Waals surface area contributed by atoms with Gasteiger partial charge >= 0.3 is 0 Å². The van der Waals surface area contributed by atoms with Gasteiger partial charge in [0, 0.05) is 10.5 Å². The molecule has 6 heteroatoms. The van der Waals surface area contributed by atoms with E-state index in [-0.39, 0.29) is 5.91 Å². The molecule has 5 nitrogen and oxygen atoms in total. The number of amides is 1. The highest BCUT2D eigenvalue weighted by Gasteiger charge is 2.07. The van der Waals surface area contributed by atoms with E-state index in [0.29, 0.717) is 11.5 Å². The molecule has 0 bridgehead atoms. The molecule has 0 aliphatic heterocycles. The third kappa shape index (κ3) is 3.47. The number of nitrogens with one attached hydrogen (secondary N) is 1. The molecule has 0 unspecified atom stereocenters. The van der Waals surface area contributed by atoms with Gasteiger partial charge in [0.05, 0.1) is 14.2 Å². The number of nitrogens with two attached hydrogens (primary N) is 1. The summed E-state index contributed by atoms with van der Waals surface area (Å²) >= 11 is 3.37. The van der Waals surface area contributed by atoms with E-state index in [2.05, 4.69) is 15.9 Å². The number of ether oxygens (including phenoxy) is 2. The third-order valence-electron chi connectivity index (χ3n) is 2.06. The number of benzene rings is 1. The number of hydrogen-bond acceptors (Lipinski definition) is 4. The zero-order valence-corrected chi connectivity index (χ0v) is 11.1. The highest BCUT2D eigenvalue weighted by Crippen LogP contribution is 2.33. The summed E-state index contributed by atoms with van der Waals surface area (Å²) in [5.41, 5.74) is 2.79. The first kappa shape index (κ1) is 13.5. The van der Waals surface area contributed by atoms with Crippen LogP contribution >= 0.6 is 15.9 Å². The minimum absolute atomic E-state index is 0.383. The zero-order valence-electron chi connectivity index (χ0n) is 9.49. The fourth-order valence-electron chi connectivity index (χ4n) is 1.21. The van der Waals surface area contributed by atoms with E-state index in [1.165, 1.54) is 6.08 Å². The maximum absolute atomic E-state index is 11.0. The molecule has 0 aromatic heterocycles. The number of hydrazine groups is 1. The van der Waals surface area contributed by atoms with Crippen molar-refractivity contribution in [1.82, 2.24) is 5.43 Å². The Morgan fingerprint density at radius 2 is 1.94 bits per heavy atom. The Hall–Kier alpha value is -1.53. The van der Waals surface area contributed by atoms with Crippen LogP contribution in [0.25, 0.3) is 6.08 Å². The van der Waals surface area contributed by atoms with Crippen molar-refractivity contribution >= 4 is 27.9 Å². The standard InChI is InChI=1S/C11H13BrN2O3/c1-16-9-5-7(3-4-11(15)14-13)8(12)6-10(9)17-2/h3-6H,13H2,1-2H3,(H,14,15)/b4-3+. The summed E-state index contributed by atoms with van der Waals surface area (Å²) in [6.45, 7) is 0. The molecule has 0 fully saturated rings. The van der Waals surface area contributed by atoms with Gasteiger partial charge < -0.3 is 9.47 Å². The summed E-state index contributed by atoms with van der Waals surface area (Å²) in [5.74, 6) is 5.78. The highest BCUT2D eigenvalue weighted by atomic mass is 79.9. The molecule has 17 heavy (non-hydrogen) atoms. The molecule has 0 saturated carbocycles. The van der Waals surface area contributed by atoms with Crippen molar-refractivity contribution in [2.24, 2.45) is 5.84 Å². The molecule has 0 aliphatic carbocycles. The van der Waals surface area contributed by atoms with Gasteiger partial charge in [0.15, 0.2) is 11.5 Å². The van der Waals surface area contributed by atoms with Crippen molar-refractivity contribution < 1.29 is 14.3 Å². The first-order chi connectivity index (χ1) is 8.12. The van der Waals surface area contributed by atoms with Gasteiger partial charge in [-0.1, -0.05) is 15.9 Å². The molecule has 1 amide bonds. The average Bonchev–Trinajstić information content (AvgIpc) is 2.36.